The topological polar surface area (TPSA) is 34.1 Å². The van der Waals surface area contributed by atoms with E-state index < -0.39 is 9.84 Å². The molecule has 5 heteroatoms. The first kappa shape index (κ1) is 12.4. The lowest BCUT2D eigenvalue weighted by Crippen LogP contribution is -1.95. The summed E-state index contributed by atoms with van der Waals surface area (Å²) in [5.74, 6) is 0. The van der Waals surface area contributed by atoms with Crippen molar-refractivity contribution in [1.82, 2.24) is 0 Å². The minimum absolute atomic E-state index is 0.245. The molecular weight excluding hydrogens is 276 g/mol. The highest BCUT2D eigenvalue weighted by molar-refractivity contribution is 7.94. The van der Waals surface area contributed by atoms with Gasteiger partial charge in [0.25, 0.3) is 0 Å². The lowest BCUT2D eigenvalue weighted by Gasteiger charge is -1.98. The summed E-state index contributed by atoms with van der Waals surface area (Å²) in [6.07, 6.45) is 1.59. The van der Waals surface area contributed by atoms with Gasteiger partial charge in [-0.25, -0.2) is 8.42 Å². The number of hydrogen-bond donors (Lipinski definition) is 0. The van der Waals surface area contributed by atoms with Crippen LogP contribution in [0.1, 0.15) is 4.88 Å². The van der Waals surface area contributed by atoms with E-state index in [1.807, 2.05) is 17.5 Å². The van der Waals surface area contributed by atoms with E-state index in [0.717, 1.165) is 4.88 Å². The number of halogens is 1. The molecule has 0 saturated carbocycles. The zero-order valence-corrected chi connectivity index (χ0v) is 11.1. The smallest absolute Gasteiger partial charge is 0.199 e. The van der Waals surface area contributed by atoms with Crippen molar-refractivity contribution in [3.8, 4) is 0 Å². The molecule has 0 spiro atoms. The fraction of sp³-hybridized carbons (Fsp3) is 0. The average molecular weight is 285 g/mol. The van der Waals surface area contributed by atoms with E-state index in [0.29, 0.717) is 5.02 Å². The molecule has 17 heavy (non-hydrogen) atoms. The van der Waals surface area contributed by atoms with Gasteiger partial charge in [-0.15, -0.1) is 11.3 Å². The number of sulfone groups is 1. The predicted octanol–water partition coefficient (Wildman–Crippen LogP) is 3.85. The predicted molar refractivity (Wildman–Crippen MR) is 72.0 cm³/mol. The Morgan fingerprint density at radius 2 is 1.82 bits per heavy atom. The molecule has 0 radical (unpaired) electrons. The third-order valence-corrected chi connectivity index (χ3v) is 4.61. The number of benzene rings is 1. The van der Waals surface area contributed by atoms with Gasteiger partial charge < -0.3 is 0 Å². The molecule has 0 bridgehead atoms. The van der Waals surface area contributed by atoms with Gasteiger partial charge in [0.2, 0.25) is 0 Å². The number of hydrogen-bond acceptors (Lipinski definition) is 3. The largest absolute Gasteiger partial charge is 0.219 e. The first-order valence-electron chi connectivity index (χ1n) is 4.80. The molecule has 2 aromatic rings. The van der Waals surface area contributed by atoms with Crippen LogP contribution in [-0.4, -0.2) is 8.42 Å². The molecule has 0 aliphatic rings. The van der Waals surface area contributed by atoms with Crippen molar-refractivity contribution >= 4 is 38.9 Å². The van der Waals surface area contributed by atoms with Crippen LogP contribution >= 0.6 is 22.9 Å². The van der Waals surface area contributed by atoms with Gasteiger partial charge in [-0.3, -0.25) is 0 Å². The summed E-state index contributed by atoms with van der Waals surface area (Å²) in [6, 6.07) is 9.85. The van der Waals surface area contributed by atoms with Gasteiger partial charge in [-0.2, -0.15) is 0 Å². The van der Waals surface area contributed by atoms with Crippen molar-refractivity contribution in [3.05, 3.63) is 57.1 Å². The van der Waals surface area contributed by atoms with Crippen molar-refractivity contribution in [2.75, 3.05) is 0 Å². The van der Waals surface area contributed by atoms with Crippen LogP contribution in [0, 0.1) is 0 Å². The summed E-state index contributed by atoms with van der Waals surface area (Å²) < 4.78 is 23.8. The summed E-state index contributed by atoms with van der Waals surface area (Å²) in [6.45, 7) is 0. The Morgan fingerprint density at radius 3 is 2.41 bits per heavy atom. The molecule has 0 N–H and O–H groups in total. The molecule has 0 aliphatic carbocycles. The molecular formula is C12H9ClO2S2. The first-order valence-corrected chi connectivity index (χ1v) is 7.60. The molecule has 2 rings (SSSR count). The van der Waals surface area contributed by atoms with E-state index in [4.69, 9.17) is 11.6 Å². The maximum atomic E-state index is 11.9. The average Bonchev–Trinajstić information content (AvgIpc) is 2.80. The van der Waals surface area contributed by atoms with Crippen LogP contribution in [-0.2, 0) is 9.84 Å². The van der Waals surface area contributed by atoms with Gasteiger partial charge >= 0.3 is 0 Å². The molecule has 0 fully saturated rings. The molecule has 1 aromatic carbocycles. The van der Waals surface area contributed by atoms with E-state index in [1.54, 1.807) is 18.2 Å². The van der Waals surface area contributed by atoms with Crippen LogP contribution in [0.25, 0.3) is 6.08 Å². The van der Waals surface area contributed by atoms with E-state index >= 15 is 0 Å². The highest BCUT2D eigenvalue weighted by atomic mass is 35.5. The van der Waals surface area contributed by atoms with Crippen LogP contribution in [0.3, 0.4) is 0 Å². The molecule has 0 atom stereocenters. The maximum absolute atomic E-state index is 11.9. The van der Waals surface area contributed by atoms with Crippen molar-refractivity contribution in [3.63, 3.8) is 0 Å². The van der Waals surface area contributed by atoms with Gasteiger partial charge in [-0.05, 0) is 41.8 Å². The van der Waals surface area contributed by atoms with Gasteiger partial charge in [0.15, 0.2) is 9.84 Å². The Hall–Kier alpha value is -1.10. The van der Waals surface area contributed by atoms with Crippen molar-refractivity contribution in [2.45, 2.75) is 4.90 Å². The highest BCUT2D eigenvalue weighted by Gasteiger charge is 2.09. The second-order valence-corrected chi connectivity index (χ2v) is 6.57. The van der Waals surface area contributed by atoms with Gasteiger partial charge in [-0.1, -0.05) is 17.7 Å². The summed E-state index contributed by atoms with van der Waals surface area (Å²) >= 11 is 7.20. The lowest BCUT2D eigenvalue weighted by atomic mass is 10.4. The van der Waals surface area contributed by atoms with Crippen LogP contribution in [0.15, 0.2) is 52.1 Å². The standard InChI is InChI=1S/C12H9ClO2S2/c13-10-3-5-12(6-4-10)17(14,15)9-7-11-2-1-8-16-11/h1-9H/b9-7+. The number of thiophene rings is 1. The van der Waals surface area contributed by atoms with Crippen molar-refractivity contribution in [1.29, 1.82) is 0 Å². The Labute approximate surface area is 109 Å². The molecule has 1 aromatic heterocycles. The highest BCUT2D eigenvalue weighted by Crippen LogP contribution is 2.18. The molecule has 0 saturated heterocycles. The Morgan fingerprint density at radius 1 is 1.12 bits per heavy atom. The van der Waals surface area contributed by atoms with Crippen LogP contribution in [0.2, 0.25) is 5.02 Å². The third kappa shape index (κ3) is 3.19. The second kappa shape index (κ2) is 5.04. The lowest BCUT2D eigenvalue weighted by molar-refractivity contribution is 0.605. The summed E-state index contributed by atoms with van der Waals surface area (Å²) in [7, 11) is -3.39. The first-order chi connectivity index (χ1) is 8.08. The normalized spacial score (nSPS) is 12.1. The Kier molecular flexibility index (Phi) is 3.66. The Bertz CT molecular complexity index is 611. The van der Waals surface area contributed by atoms with Crippen LogP contribution in [0.4, 0.5) is 0 Å². The molecule has 2 nitrogen and oxygen atoms in total. The van der Waals surface area contributed by atoms with E-state index in [9.17, 15) is 8.42 Å². The second-order valence-electron chi connectivity index (χ2n) is 3.32. The fourth-order valence-corrected chi connectivity index (χ4v) is 3.07. The van der Waals surface area contributed by atoms with Crippen LogP contribution in [0.5, 0.6) is 0 Å². The van der Waals surface area contributed by atoms with Gasteiger partial charge in [0.1, 0.15) is 0 Å². The van der Waals surface area contributed by atoms with E-state index in [1.165, 1.54) is 28.9 Å². The SMILES string of the molecule is O=S(=O)(/C=C/c1cccs1)c1ccc(Cl)cc1. The number of rotatable bonds is 3. The molecule has 88 valence electrons. The van der Waals surface area contributed by atoms with Crippen molar-refractivity contribution in [2.24, 2.45) is 0 Å². The minimum atomic E-state index is -3.39. The maximum Gasteiger partial charge on any atom is 0.199 e. The zero-order chi connectivity index (χ0) is 12.3. The minimum Gasteiger partial charge on any atom is -0.219 e. The molecule has 0 unspecified atom stereocenters. The summed E-state index contributed by atoms with van der Waals surface area (Å²) in [5, 5.41) is 3.63. The fourth-order valence-electron chi connectivity index (χ4n) is 1.25. The molecule has 0 aliphatic heterocycles. The van der Waals surface area contributed by atoms with Crippen molar-refractivity contribution < 1.29 is 8.42 Å². The quantitative estimate of drug-likeness (QED) is 0.858. The van der Waals surface area contributed by atoms with Crippen LogP contribution < -0.4 is 0 Å². The summed E-state index contributed by atoms with van der Waals surface area (Å²) in [4.78, 5) is 1.15. The van der Waals surface area contributed by atoms with Gasteiger partial charge in [0, 0.05) is 15.3 Å². The van der Waals surface area contributed by atoms with E-state index in [2.05, 4.69) is 0 Å². The van der Waals surface area contributed by atoms with Gasteiger partial charge in [0.05, 0.1) is 4.90 Å². The van der Waals surface area contributed by atoms with E-state index in [-0.39, 0.29) is 4.90 Å². The molecule has 1 heterocycles. The monoisotopic (exact) mass is 284 g/mol. The summed E-state index contributed by atoms with van der Waals surface area (Å²) in [5.41, 5.74) is 0. The zero-order valence-electron chi connectivity index (χ0n) is 8.71. The molecule has 0 amide bonds. The Balaban J connectivity index is 2.28. The third-order valence-electron chi connectivity index (χ3n) is 2.10.